The summed E-state index contributed by atoms with van der Waals surface area (Å²) in [5.41, 5.74) is 3.90. The van der Waals surface area contributed by atoms with Crippen molar-refractivity contribution in [1.29, 1.82) is 5.26 Å². The lowest BCUT2D eigenvalue weighted by atomic mass is 10.2. The second-order valence-electron chi connectivity index (χ2n) is 8.34. The van der Waals surface area contributed by atoms with Gasteiger partial charge in [0.05, 0.1) is 52.9 Å². The molecule has 38 heavy (non-hydrogen) atoms. The number of nitriles is 1. The maximum Gasteiger partial charge on any atom is 0.419 e. The number of nitrogens with zero attached hydrogens (tertiary/aromatic N) is 3. The highest BCUT2D eigenvalue weighted by molar-refractivity contribution is 6.33. The van der Waals surface area contributed by atoms with Crippen molar-refractivity contribution in [3.05, 3.63) is 82.6 Å². The van der Waals surface area contributed by atoms with Crippen molar-refractivity contribution in [1.82, 2.24) is 9.97 Å². The van der Waals surface area contributed by atoms with Crippen LogP contribution < -0.4 is 15.0 Å². The summed E-state index contributed by atoms with van der Waals surface area (Å²) in [6, 6.07) is 19.6. The largest absolute Gasteiger partial charge is 0.466 e. The Hall–Kier alpha value is -4.55. The number of esters is 1. The van der Waals surface area contributed by atoms with Crippen molar-refractivity contribution in [2.24, 2.45) is 0 Å². The average Bonchev–Trinajstić information content (AvgIpc) is 3.34. The Kier molecular flexibility index (Phi) is 8.46. The summed E-state index contributed by atoms with van der Waals surface area (Å²) in [6.45, 7) is 4.31. The van der Waals surface area contributed by atoms with Crippen LogP contribution in [0, 0.1) is 18.3 Å². The number of fused-ring (bicyclic) bond motifs is 1. The third-order valence-electron chi connectivity index (χ3n) is 5.78. The number of carbonyl (C=O) groups excluding carboxylic acids is 2. The van der Waals surface area contributed by atoms with E-state index in [0.717, 1.165) is 5.52 Å². The first-order chi connectivity index (χ1) is 18.4. The molecule has 0 spiro atoms. The Balaban J connectivity index is 1.50. The minimum Gasteiger partial charge on any atom is -0.466 e. The van der Waals surface area contributed by atoms with Crippen molar-refractivity contribution >= 4 is 46.1 Å². The maximum atomic E-state index is 13.2. The molecule has 4 aromatic rings. The fraction of sp³-hybridized carbons (Fsp3) is 0.214. The number of para-hydroxylation sites is 1. The Bertz CT molecular complexity index is 1500. The number of imidazole rings is 1. The van der Waals surface area contributed by atoms with E-state index in [1.165, 1.54) is 4.90 Å². The Morgan fingerprint density at radius 2 is 1.95 bits per heavy atom. The van der Waals surface area contributed by atoms with Crippen LogP contribution in [0.1, 0.15) is 30.3 Å². The van der Waals surface area contributed by atoms with Crippen LogP contribution >= 0.6 is 11.6 Å². The molecule has 2 N–H and O–H groups in total. The molecule has 1 aromatic heterocycles. The molecule has 0 radical (unpaired) electrons. The van der Waals surface area contributed by atoms with E-state index in [9.17, 15) is 9.59 Å². The number of aromatic amines is 1. The van der Waals surface area contributed by atoms with E-state index in [2.05, 4.69) is 21.4 Å². The Morgan fingerprint density at radius 1 is 1.16 bits per heavy atom. The van der Waals surface area contributed by atoms with Crippen LogP contribution in [0.4, 0.5) is 16.2 Å². The van der Waals surface area contributed by atoms with Crippen molar-refractivity contribution < 1.29 is 19.1 Å². The third-order valence-corrected chi connectivity index (χ3v) is 6.09. The molecule has 0 aliphatic heterocycles. The van der Waals surface area contributed by atoms with E-state index < -0.39 is 12.1 Å². The lowest BCUT2D eigenvalue weighted by molar-refractivity contribution is -0.142. The number of amides is 1. The summed E-state index contributed by atoms with van der Waals surface area (Å²) in [6.07, 6.45) is -0.578. The zero-order chi connectivity index (χ0) is 27.1. The Labute approximate surface area is 224 Å². The molecular formula is C28H26ClN5O4. The molecule has 0 bridgehead atoms. The number of carbonyl (C=O) groups is 2. The maximum absolute atomic E-state index is 13.2. The average molecular weight is 532 g/mol. The number of hydrogen-bond donors (Lipinski definition) is 2. The second-order valence-corrected chi connectivity index (χ2v) is 8.75. The zero-order valence-electron chi connectivity index (χ0n) is 21.0. The van der Waals surface area contributed by atoms with Gasteiger partial charge in [0.2, 0.25) is 0 Å². The van der Waals surface area contributed by atoms with Crippen LogP contribution in [0.2, 0.25) is 5.02 Å². The van der Waals surface area contributed by atoms with Gasteiger partial charge in [0.15, 0.2) is 0 Å². The first-order valence-corrected chi connectivity index (χ1v) is 12.4. The lowest BCUT2D eigenvalue weighted by Crippen LogP contribution is -2.35. The Morgan fingerprint density at radius 3 is 2.66 bits per heavy atom. The fourth-order valence-corrected chi connectivity index (χ4v) is 4.11. The molecule has 0 atom stereocenters. The molecule has 1 heterocycles. The first kappa shape index (κ1) is 26.5. The van der Waals surface area contributed by atoms with Gasteiger partial charge in [0.1, 0.15) is 11.6 Å². The highest BCUT2D eigenvalue weighted by atomic mass is 35.5. The minimum absolute atomic E-state index is 0.0365. The molecule has 0 saturated heterocycles. The first-order valence-electron chi connectivity index (χ1n) is 12.0. The number of anilines is 2. The predicted molar refractivity (Wildman–Crippen MR) is 145 cm³/mol. The number of halogens is 1. The van der Waals surface area contributed by atoms with Gasteiger partial charge in [0, 0.05) is 17.8 Å². The number of H-pyrrole nitrogens is 1. The van der Waals surface area contributed by atoms with Gasteiger partial charge in [-0.15, -0.1) is 0 Å². The van der Waals surface area contributed by atoms with E-state index in [0.29, 0.717) is 51.2 Å². The zero-order valence-corrected chi connectivity index (χ0v) is 21.7. The summed E-state index contributed by atoms with van der Waals surface area (Å²) < 4.78 is 10.8. The third kappa shape index (κ3) is 6.22. The number of benzene rings is 3. The molecule has 10 heteroatoms. The quantitative estimate of drug-likeness (QED) is 0.255. The molecule has 4 rings (SSSR count). The number of hydrogen-bond acceptors (Lipinski definition) is 7. The van der Waals surface area contributed by atoms with Crippen LogP contribution in [0.5, 0.6) is 5.75 Å². The number of aromatic nitrogens is 2. The summed E-state index contributed by atoms with van der Waals surface area (Å²) in [4.78, 5) is 34.4. The molecule has 194 valence electrons. The van der Waals surface area contributed by atoms with E-state index >= 15 is 0 Å². The van der Waals surface area contributed by atoms with Crippen molar-refractivity contribution in [3.63, 3.8) is 0 Å². The van der Waals surface area contributed by atoms with Gasteiger partial charge in [-0.3, -0.25) is 9.69 Å². The summed E-state index contributed by atoms with van der Waals surface area (Å²) >= 11 is 6.25. The predicted octanol–water partition coefficient (Wildman–Crippen LogP) is 5.97. The molecule has 0 aliphatic rings. The highest BCUT2D eigenvalue weighted by Crippen LogP contribution is 2.28. The van der Waals surface area contributed by atoms with Crippen LogP contribution in [0.25, 0.3) is 11.0 Å². The van der Waals surface area contributed by atoms with Gasteiger partial charge >= 0.3 is 12.1 Å². The minimum atomic E-state index is -0.615. The monoisotopic (exact) mass is 531 g/mol. The normalized spacial score (nSPS) is 10.6. The van der Waals surface area contributed by atoms with E-state index in [1.54, 1.807) is 49.4 Å². The van der Waals surface area contributed by atoms with Crippen LogP contribution in [-0.2, 0) is 16.1 Å². The molecule has 1 amide bonds. The van der Waals surface area contributed by atoms with Gasteiger partial charge in [-0.1, -0.05) is 29.8 Å². The topological polar surface area (TPSA) is 120 Å². The van der Waals surface area contributed by atoms with E-state index in [-0.39, 0.29) is 19.6 Å². The summed E-state index contributed by atoms with van der Waals surface area (Å²) in [5.74, 6) is 0.631. The molecule has 9 nitrogen and oxygen atoms in total. The second kappa shape index (κ2) is 12.1. The molecule has 0 unspecified atom stereocenters. The molecule has 3 aromatic carbocycles. The summed E-state index contributed by atoms with van der Waals surface area (Å²) in [7, 11) is 0. The van der Waals surface area contributed by atoms with Crippen LogP contribution in [0.15, 0.2) is 60.7 Å². The molecular weight excluding hydrogens is 506 g/mol. The molecule has 0 fully saturated rings. The van der Waals surface area contributed by atoms with Crippen molar-refractivity contribution in [2.75, 3.05) is 23.4 Å². The van der Waals surface area contributed by atoms with Gasteiger partial charge < -0.3 is 19.8 Å². The number of ether oxygens (including phenoxy) is 2. The number of nitrogens with one attached hydrogen (secondary N) is 2. The van der Waals surface area contributed by atoms with Gasteiger partial charge in [-0.05, 0) is 56.3 Å². The highest BCUT2D eigenvalue weighted by Gasteiger charge is 2.21. The van der Waals surface area contributed by atoms with E-state index in [4.69, 9.17) is 26.3 Å². The molecule has 0 aliphatic carbocycles. The number of rotatable bonds is 9. The van der Waals surface area contributed by atoms with Crippen LogP contribution in [0.3, 0.4) is 0 Å². The standard InChI is InChI=1S/C28H26ClN5O4/c1-3-37-26(35)13-14-34(20-7-5-4-6-8-20)28(36)38-24-12-11-23-27(18(24)2)33-25(32-23)17-31-22-10-9-19(16-30)15-21(22)29/h4-12,15,31H,3,13-14,17H2,1-2H3,(H,32,33). The fourth-order valence-electron chi connectivity index (χ4n) is 3.87. The van der Waals surface area contributed by atoms with Crippen LogP contribution in [-0.4, -0.2) is 35.2 Å². The lowest BCUT2D eigenvalue weighted by Gasteiger charge is -2.22. The van der Waals surface area contributed by atoms with Crippen molar-refractivity contribution in [3.8, 4) is 11.8 Å². The smallest absolute Gasteiger partial charge is 0.419 e. The van der Waals surface area contributed by atoms with Gasteiger partial charge in [0.25, 0.3) is 0 Å². The van der Waals surface area contributed by atoms with Gasteiger partial charge in [-0.2, -0.15) is 5.26 Å². The SMILES string of the molecule is CCOC(=O)CCN(C(=O)Oc1ccc2[nH]c(CNc3ccc(C#N)cc3Cl)nc2c1C)c1ccccc1. The van der Waals surface area contributed by atoms with Crippen molar-refractivity contribution in [2.45, 2.75) is 26.8 Å². The van der Waals surface area contributed by atoms with E-state index in [1.807, 2.05) is 25.1 Å². The molecule has 0 saturated carbocycles. The number of aryl methyl sites for hydroxylation is 1. The van der Waals surface area contributed by atoms with Gasteiger partial charge in [-0.25, -0.2) is 9.78 Å². The summed E-state index contributed by atoms with van der Waals surface area (Å²) in [5, 5.41) is 12.7.